The average Bonchev–Trinajstić information content (AvgIpc) is 3.44. The predicted octanol–water partition coefficient (Wildman–Crippen LogP) is 8.54. The Morgan fingerprint density at radius 1 is 0.581 bits per heavy atom. The van der Waals surface area contributed by atoms with Gasteiger partial charge in [-0.15, -0.1) is 0 Å². The molecular weight excluding hydrogens is 562 g/mol. The van der Waals surface area contributed by atoms with Crippen molar-refractivity contribution in [3.05, 3.63) is 136 Å². The van der Waals surface area contributed by atoms with Crippen molar-refractivity contribution < 1.29 is 9.47 Å². The zero-order valence-corrected chi connectivity index (χ0v) is 28.7. The zero-order chi connectivity index (χ0) is 30.8. The third-order valence-electron chi connectivity index (χ3n) is 8.47. The molecule has 0 bridgehead atoms. The number of aryl methyl sites for hydroxylation is 6. The Kier molecular flexibility index (Phi) is 9.60. The molecule has 2 nitrogen and oxygen atoms in total. The molecule has 221 valence electrons. The maximum atomic E-state index is 5.78. The van der Waals surface area contributed by atoms with E-state index in [1.165, 1.54) is 65.8 Å². The Hall–Kier alpha value is -3.18. The second kappa shape index (κ2) is 13.2. The minimum absolute atomic E-state index is 0.327. The summed E-state index contributed by atoms with van der Waals surface area (Å²) in [5, 5.41) is 7.06. The van der Waals surface area contributed by atoms with Gasteiger partial charge in [0.25, 0.3) is 0 Å². The van der Waals surface area contributed by atoms with Crippen LogP contribution in [-0.2, 0) is 0 Å². The van der Waals surface area contributed by atoms with Gasteiger partial charge in [0, 0.05) is 5.92 Å². The first kappa shape index (κ1) is 31.3. The summed E-state index contributed by atoms with van der Waals surface area (Å²) in [4.78, 5) is 0. The van der Waals surface area contributed by atoms with Gasteiger partial charge < -0.3 is 9.47 Å². The van der Waals surface area contributed by atoms with Crippen molar-refractivity contribution in [3.8, 4) is 11.5 Å². The van der Waals surface area contributed by atoms with Crippen LogP contribution in [-0.4, -0.2) is 19.9 Å². The van der Waals surface area contributed by atoms with E-state index in [9.17, 15) is 0 Å². The molecule has 1 aliphatic rings. The molecule has 0 amide bonds. The molecule has 1 aliphatic carbocycles. The molecule has 43 heavy (non-hydrogen) atoms. The van der Waals surface area contributed by atoms with Gasteiger partial charge in [0.2, 0.25) is 0 Å². The second-order valence-corrected chi connectivity index (χ2v) is 16.2. The topological polar surface area (TPSA) is 18.5 Å². The molecule has 4 aromatic rings. The minimum Gasteiger partial charge on any atom is -0.496 e. The molecule has 4 aromatic carbocycles. The fourth-order valence-electron chi connectivity index (χ4n) is 6.52. The molecule has 0 unspecified atom stereocenters. The monoisotopic (exact) mass is 605 g/mol. The summed E-state index contributed by atoms with van der Waals surface area (Å²) in [6.45, 7) is 15.6. The van der Waals surface area contributed by atoms with E-state index in [4.69, 9.17) is 9.47 Å². The van der Waals surface area contributed by atoms with Gasteiger partial charge >= 0.3 is 0 Å². The Morgan fingerprint density at radius 2 is 1.00 bits per heavy atom. The van der Waals surface area contributed by atoms with Crippen LogP contribution in [0, 0.1) is 47.5 Å². The highest BCUT2D eigenvalue weighted by Gasteiger charge is 2.36. The Morgan fingerprint density at radius 3 is 1.40 bits per heavy atom. The molecule has 0 aromatic heterocycles. The number of benzene rings is 4. The number of methoxy groups -OCH3 is 2. The average molecular weight is 606 g/mol. The van der Waals surface area contributed by atoms with E-state index in [1.54, 1.807) is 14.2 Å². The third-order valence-corrected chi connectivity index (χ3v) is 14.0. The summed E-state index contributed by atoms with van der Waals surface area (Å²) in [6.07, 6.45) is 7.03. The molecule has 5 rings (SSSR count). The number of ether oxygens (including phenoxy) is 2. The molecule has 0 spiro atoms. The standard InChI is InChI=1S/C39H43O2P2/c1-25-15-10-12-18-35(25)42(36-19-13-11-16-26(36)2)31(7)34-17-14-20-37(34)43(32-21-27(3)38(40-8)28(4)22-32)33-23-29(5)39(41-9)30(6)24-33/h10-24,31H,1-9H3/t31-/m1/s1. The van der Waals surface area contributed by atoms with E-state index < -0.39 is 15.8 Å². The Balaban J connectivity index is 1.68. The van der Waals surface area contributed by atoms with E-state index in [1.807, 2.05) is 0 Å². The highest BCUT2D eigenvalue weighted by molar-refractivity contribution is 7.77. The number of rotatable bonds is 9. The van der Waals surface area contributed by atoms with Crippen molar-refractivity contribution in [1.29, 1.82) is 0 Å². The third kappa shape index (κ3) is 6.11. The highest BCUT2D eigenvalue weighted by atomic mass is 31.1. The molecule has 0 saturated heterocycles. The summed E-state index contributed by atoms with van der Waals surface area (Å²) in [7, 11) is 2.04. The normalized spacial score (nSPS) is 14.0. The molecule has 0 saturated carbocycles. The molecule has 1 atom stereocenters. The molecule has 0 fully saturated rings. The van der Waals surface area contributed by atoms with Gasteiger partial charge in [-0.25, -0.2) is 0 Å². The van der Waals surface area contributed by atoms with Crippen LogP contribution in [0.3, 0.4) is 0 Å². The van der Waals surface area contributed by atoms with Gasteiger partial charge in [-0.2, -0.15) is 0 Å². The van der Waals surface area contributed by atoms with Gasteiger partial charge in [0.15, 0.2) is 0 Å². The number of hydrogen-bond donors (Lipinski definition) is 0. The van der Waals surface area contributed by atoms with Gasteiger partial charge in [-0.1, -0.05) is 73.7 Å². The quantitative estimate of drug-likeness (QED) is 0.178. The predicted molar refractivity (Wildman–Crippen MR) is 190 cm³/mol. The van der Waals surface area contributed by atoms with Crippen LogP contribution in [0.25, 0.3) is 0 Å². The highest BCUT2D eigenvalue weighted by Crippen LogP contribution is 2.57. The van der Waals surface area contributed by atoms with E-state index in [0.29, 0.717) is 5.66 Å². The van der Waals surface area contributed by atoms with Gasteiger partial charge in [-0.05, 0) is 147 Å². The fraction of sp³-hybridized carbons (Fsp3) is 0.256. The van der Waals surface area contributed by atoms with Crippen LogP contribution in [0.5, 0.6) is 11.5 Å². The first-order valence-corrected chi connectivity index (χ1v) is 17.7. The molecule has 4 heteroatoms. The SMILES string of the molecule is COc1c(C)cc(P(C2=CC=C[C]2[C@@H](C)P(c2ccccc2C)c2ccccc2C)c2cc(C)c(OC)c(C)c2)cc1C. The summed E-state index contributed by atoms with van der Waals surface area (Å²) in [5.41, 5.74) is 7.76. The van der Waals surface area contributed by atoms with Crippen molar-refractivity contribution in [2.75, 3.05) is 14.2 Å². The Labute approximate surface area is 261 Å². The van der Waals surface area contributed by atoms with Gasteiger partial charge in [-0.3, -0.25) is 0 Å². The van der Waals surface area contributed by atoms with Gasteiger partial charge in [0.05, 0.1) is 14.2 Å². The molecule has 0 heterocycles. The van der Waals surface area contributed by atoms with Crippen molar-refractivity contribution >= 4 is 37.1 Å². The molecule has 0 N–H and O–H groups in total. The van der Waals surface area contributed by atoms with Crippen LogP contribution in [0.15, 0.2) is 96.3 Å². The van der Waals surface area contributed by atoms with Crippen LogP contribution < -0.4 is 30.7 Å². The number of allylic oxidation sites excluding steroid dienone is 4. The number of hydrogen-bond acceptors (Lipinski definition) is 2. The van der Waals surface area contributed by atoms with Crippen molar-refractivity contribution in [2.24, 2.45) is 0 Å². The summed E-state index contributed by atoms with van der Waals surface area (Å²) < 4.78 is 11.6. The maximum absolute atomic E-state index is 5.78. The molecular formula is C39H43O2P2. The summed E-state index contributed by atoms with van der Waals surface area (Å²) >= 11 is 0. The smallest absolute Gasteiger partial charge is 0.124 e. The zero-order valence-electron chi connectivity index (χ0n) is 26.9. The molecule has 0 aliphatic heterocycles. The van der Waals surface area contributed by atoms with E-state index >= 15 is 0 Å². The summed E-state index contributed by atoms with van der Waals surface area (Å²) in [5.74, 6) is 3.39. The van der Waals surface area contributed by atoms with Crippen molar-refractivity contribution in [2.45, 2.75) is 54.1 Å². The largest absolute Gasteiger partial charge is 0.496 e. The Bertz CT molecular complexity index is 1550. The van der Waals surface area contributed by atoms with E-state index in [2.05, 4.69) is 139 Å². The van der Waals surface area contributed by atoms with Crippen molar-refractivity contribution in [1.82, 2.24) is 0 Å². The van der Waals surface area contributed by atoms with Gasteiger partial charge in [0.1, 0.15) is 11.5 Å². The first-order chi connectivity index (χ1) is 20.7. The van der Waals surface area contributed by atoms with Crippen LogP contribution in [0.4, 0.5) is 0 Å². The summed E-state index contributed by atoms with van der Waals surface area (Å²) in [6, 6.07) is 27.3. The lowest BCUT2D eigenvalue weighted by molar-refractivity contribution is 0.408. The lowest BCUT2D eigenvalue weighted by atomic mass is 10.1. The van der Waals surface area contributed by atoms with Crippen LogP contribution in [0.1, 0.15) is 40.3 Å². The van der Waals surface area contributed by atoms with E-state index in [0.717, 1.165) is 11.5 Å². The molecule has 1 radical (unpaired) electrons. The first-order valence-electron chi connectivity index (χ1n) is 14.9. The van der Waals surface area contributed by atoms with Crippen molar-refractivity contribution in [3.63, 3.8) is 0 Å². The second-order valence-electron chi connectivity index (χ2n) is 11.5. The lowest BCUT2D eigenvalue weighted by Gasteiger charge is -2.35. The maximum Gasteiger partial charge on any atom is 0.124 e. The lowest BCUT2D eigenvalue weighted by Crippen LogP contribution is -2.28. The van der Waals surface area contributed by atoms with E-state index in [-0.39, 0.29) is 0 Å². The van der Waals surface area contributed by atoms with Crippen LogP contribution in [0.2, 0.25) is 0 Å². The van der Waals surface area contributed by atoms with Crippen LogP contribution >= 0.6 is 15.8 Å². The fourth-order valence-corrected chi connectivity index (χ4v) is 12.5. The minimum atomic E-state index is -0.840.